The lowest BCUT2D eigenvalue weighted by molar-refractivity contribution is -0.174. The smallest absolute Gasteiger partial charge is 0.265 e. The summed E-state index contributed by atoms with van der Waals surface area (Å²) in [6.07, 6.45) is 8.74. The predicted molar refractivity (Wildman–Crippen MR) is 127 cm³/mol. The van der Waals surface area contributed by atoms with Gasteiger partial charge in [0.25, 0.3) is 10.1 Å². The van der Waals surface area contributed by atoms with Crippen LogP contribution in [0.4, 0.5) is 0 Å². The first-order valence-electron chi connectivity index (χ1n) is 13.2. The summed E-state index contributed by atoms with van der Waals surface area (Å²) in [5.41, 5.74) is 0.407. The largest absolute Gasteiger partial charge is 0.393 e. The van der Waals surface area contributed by atoms with Gasteiger partial charge in [-0.3, -0.25) is 9.35 Å². The standard InChI is InChI=1S/C26H44O6S/c1-16(4-5-18(27)10-13-33(30,31)32)20-6-7-21-24-22(9-12-26(20,21)3)25(2)11-8-19(28)14-17(25)15-23(24)29/h16-17,19-24,28-29H,4-15H2,1-3H3,(H,30,31,32)/t16-,17+,19-,20-,21+,22+,23-,24+,25+,26-/m1/s1. The third kappa shape index (κ3) is 4.81. The molecule has 0 aliphatic heterocycles. The van der Waals surface area contributed by atoms with Gasteiger partial charge in [0.05, 0.1) is 18.0 Å². The minimum Gasteiger partial charge on any atom is -0.393 e. The lowest BCUT2D eigenvalue weighted by Gasteiger charge is -2.62. The van der Waals surface area contributed by atoms with E-state index in [1.54, 1.807) is 0 Å². The van der Waals surface area contributed by atoms with Gasteiger partial charge in [-0.15, -0.1) is 0 Å². The van der Waals surface area contributed by atoms with Crippen LogP contribution in [0.3, 0.4) is 0 Å². The number of hydrogen-bond donors (Lipinski definition) is 3. The molecule has 0 aromatic rings. The van der Waals surface area contributed by atoms with Crippen LogP contribution in [0.1, 0.15) is 91.4 Å². The number of fused-ring (bicyclic) bond motifs is 5. The van der Waals surface area contributed by atoms with Crippen LogP contribution in [0.25, 0.3) is 0 Å². The van der Waals surface area contributed by atoms with Crippen LogP contribution in [0.2, 0.25) is 0 Å². The van der Waals surface area contributed by atoms with E-state index in [1.807, 2.05) is 0 Å². The molecule has 33 heavy (non-hydrogen) atoms. The molecule has 0 saturated heterocycles. The van der Waals surface area contributed by atoms with Crippen molar-refractivity contribution in [2.75, 3.05) is 5.75 Å². The van der Waals surface area contributed by atoms with Crippen LogP contribution < -0.4 is 0 Å². The molecule has 0 radical (unpaired) electrons. The molecule has 4 aliphatic rings. The summed E-state index contributed by atoms with van der Waals surface area (Å²) in [5.74, 6) is 2.13. The lowest BCUT2D eigenvalue weighted by Crippen LogP contribution is -2.58. The minimum absolute atomic E-state index is 0.0935. The fourth-order valence-electron chi connectivity index (χ4n) is 9.13. The van der Waals surface area contributed by atoms with Crippen molar-refractivity contribution >= 4 is 15.9 Å². The van der Waals surface area contributed by atoms with Crippen molar-refractivity contribution in [3.63, 3.8) is 0 Å². The molecule has 0 aromatic heterocycles. The Morgan fingerprint density at radius 1 is 0.970 bits per heavy atom. The summed E-state index contributed by atoms with van der Waals surface area (Å²) >= 11 is 0. The third-order valence-electron chi connectivity index (χ3n) is 10.9. The van der Waals surface area contributed by atoms with Crippen LogP contribution in [-0.4, -0.2) is 46.9 Å². The summed E-state index contributed by atoms with van der Waals surface area (Å²) in [6.45, 7) is 7.09. The molecule has 6 nitrogen and oxygen atoms in total. The highest BCUT2D eigenvalue weighted by atomic mass is 32.2. The fraction of sp³-hybridized carbons (Fsp3) is 0.962. The summed E-state index contributed by atoms with van der Waals surface area (Å²) in [7, 11) is -4.09. The Kier molecular flexibility index (Phi) is 7.12. The molecule has 0 unspecified atom stereocenters. The molecule has 4 saturated carbocycles. The Morgan fingerprint density at radius 3 is 2.33 bits per heavy atom. The molecule has 0 heterocycles. The van der Waals surface area contributed by atoms with Gasteiger partial charge in [-0.25, -0.2) is 0 Å². The second-order valence-corrected chi connectivity index (χ2v) is 14.1. The highest BCUT2D eigenvalue weighted by Gasteiger charge is 2.62. The molecule has 4 aliphatic carbocycles. The molecule has 190 valence electrons. The van der Waals surface area contributed by atoms with Crippen LogP contribution in [-0.2, 0) is 14.9 Å². The van der Waals surface area contributed by atoms with E-state index in [0.29, 0.717) is 41.9 Å². The maximum Gasteiger partial charge on any atom is 0.265 e. The Hall–Kier alpha value is -0.500. The summed E-state index contributed by atoms with van der Waals surface area (Å²) in [5, 5.41) is 21.6. The molecular weight excluding hydrogens is 440 g/mol. The highest BCUT2D eigenvalue weighted by molar-refractivity contribution is 7.85. The molecule has 7 heteroatoms. The summed E-state index contributed by atoms with van der Waals surface area (Å²) in [4.78, 5) is 12.2. The molecule has 3 N–H and O–H groups in total. The first-order valence-corrected chi connectivity index (χ1v) is 14.8. The van der Waals surface area contributed by atoms with Crippen molar-refractivity contribution in [2.24, 2.45) is 46.3 Å². The topological polar surface area (TPSA) is 112 Å². The van der Waals surface area contributed by atoms with E-state index >= 15 is 0 Å². The molecule has 0 aromatic carbocycles. The molecule has 10 atom stereocenters. The molecule has 0 bridgehead atoms. The van der Waals surface area contributed by atoms with E-state index in [4.69, 9.17) is 4.55 Å². The lowest BCUT2D eigenvalue weighted by atomic mass is 9.43. The molecule has 0 amide bonds. The van der Waals surface area contributed by atoms with Crippen LogP contribution in [0.15, 0.2) is 0 Å². The van der Waals surface area contributed by atoms with Gasteiger partial charge >= 0.3 is 0 Å². The fourth-order valence-corrected chi connectivity index (χ4v) is 9.62. The van der Waals surface area contributed by atoms with Crippen molar-refractivity contribution in [3.05, 3.63) is 0 Å². The van der Waals surface area contributed by atoms with Crippen molar-refractivity contribution < 1.29 is 28.0 Å². The number of hydrogen-bond acceptors (Lipinski definition) is 5. The maximum atomic E-state index is 12.2. The van der Waals surface area contributed by atoms with E-state index in [-0.39, 0.29) is 35.2 Å². The first-order chi connectivity index (χ1) is 15.3. The van der Waals surface area contributed by atoms with Gasteiger partial charge in [-0.1, -0.05) is 20.8 Å². The molecule has 4 fully saturated rings. The predicted octanol–water partition coefficient (Wildman–Crippen LogP) is 4.24. The SMILES string of the molecule is C[C@H](CCC(=O)CCS(=O)(=O)O)[C@H]1CC[C@H]2[C@@H]3[C@H](O)C[C@@H]4C[C@H](O)CC[C@]4(C)[C@H]3CC[C@]12C. The first kappa shape index (κ1) is 25.6. The Morgan fingerprint density at radius 2 is 1.64 bits per heavy atom. The van der Waals surface area contributed by atoms with Gasteiger partial charge in [0.2, 0.25) is 0 Å². The van der Waals surface area contributed by atoms with Crippen molar-refractivity contribution in [1.82, 2.24) is 0 Å². The Balaban J connectivity index is 1.43. The molecular formula is C26H44O6S. The van der Waals surface area contributed by atoms with Crippen molar-refractivity contribution in [3.8, 4) is 0 Å². The highest BCUT2D eigenvalue weighted by Crippen LogP contribution is 2.68. The van der Waals surface area contributed by atoms with E-state index in [9.17, 15) is 23.4 Å². The number of Topliss-reactive ketones (excluding diaryl/α,β-unsaturated/α-hetero) is 1. The van der Waals surface area contributed by atoms with Crippen LogP contribution in [0, 0.1) is 46.3 Å². The van der Waals surface area contributed by atoms with E-state index in [1.165, 1.54) is 6.42 Å². The zero-order chi connectivity index (χ0) is 24.2. The Bertz CT molecular complexity index is 842. The molecule has 4 rings (SSSR count). The average molecular weight is 485 g/mol. The zero-order valence-corrected chi connectivity index (χ0v) is 21.4. The number of aliphatic hydroxyl groups is 2. The number of carbonyl (C=O) groups excluding carboxylic acids is 1. The second-order valence-electron chi connectivity index (χ2n) is 12.5. The Labute approximate surface area is 199 Å². The maximum absolute atomic E-state index is 12.2. The second kappa shape index (κ2) is 9.18. The van der Waals surface area contributed by atoms with Gasteiger partial charge in [-0.2, -0.15) is 8.42 Å². The number of carbonyl (C=O) groups is 1. The monoisotopic (exact) mass is 484 g/mol. The third-order valence-corrected chi connectivity index (χ3v) is 11.7. The van der Waals surface area contributed by atoms with E-state index in [2.05, 4.69) is 20.8 Å². The van der Waals surface area contributed by atoms with Crippen LogP contribution >= 0.6 is 0 Å². The van der Waals surface area contributed by atoms with Crippen LogP contribution in [0.5, 0.6) is 0 Å². The molecule has 0 spiro atoms. The van der Waals surface area contributed by atoms with Gasteiger partial charge in [0.15, 0.2) is 0 Å². The summed E-state index contributed by atoms with van der Waals surface area (Å²) < 4.78 is 30.7. The number of rotatable bonds is 7. The quantitative estimate of drug-likeness (QED) is 0.466. The van der Waals surface area contributed by atoms with Gasteiger partial charge in [0, 0.05) is 12.8 Å². The number of ketones is 1. The minimum atomic E-state index is -4.09. The normalized spacial score (nSPS) is 46.2. The van der Waals surface area contributed by atoms with E-state index in [0.717, 1.165) is 51.4 Å². The van der Waals surface area contributed by atoms with Crippen molar-refractivity contribution in [1.29, 1.82) is 0 Å². The average Bonchev–Trinajstić information content (AvgIpc) is 3.08. The number of aliphatic hydroxyl groups excluding tert-OH is 2. The zero-order valence-electron chi connectivity index (χ0n) is 20.6. The van der Waals surface area contributed by atoms with Crippen molar-refractivity contribution in [2.45, 2.75) is 104 Å². The van der Waals surface area contributed by atoms with Gasteiger partial charge < -0.3 is 10.2 Å². The van der Waals surface area contributed by atoms with Gasteiger partial charge in [-0.05, 0) is 104 Å². The van der Waals surface area contributed by atoms with Gasteiger partial charge in [0.1, 0.15) is 5.78 Å². The van der Waals surface area contributed by atoms with E-state index < -0.39 is 15.9 Å². The summed E-state index contributed by atoms with van der Waals surface area (Å²) in [6, 6.07) is 0.